The topological polar surface area (TPSA) is 37.8 Å². The summed E-state index contributed by atoms with van der Waals surface area (Å²) in [5.74, 6) is 0.599. The van der Waals surface area contributed by atoms with Crippen molar-refractivity contribution in [2.24, 2.45) is 5.92 Å². The van der Waals surface area contributed by atoms with Crippen molar-refractivity contribution in [2.45, 2.75) is 38.5 Å². The molecule has 0 aromatic carbocycles. The number of rotatable bonds is 5. The predicted octanol–water partition coefficient (Wildman–Crippen LogP) is 2.03. The molecule has 3 rings (SSSR count). The summed E-state index contributed by atoms with van der Waals surface area (Å²) in [6.07, 6.45) is 4.82. The van der Waals surface area contributed by atoms with Crippen molar-refractivity contribution < 1.29 is 9.47 Å². The van der Waals surface area contributed by atoms with E-state index >= 15 is 0 Å². The minimum atomic E-state index is -0.133. The van der Waals surface area contributed by atoms with Crippen LogP contribution in [0.4, 0.5) is 0 Å². The highest BCUT2D eigenvalue weighted by Crippen LogP contribution is 2.33. The van der Waals surface area contributed by atoms with Crippen molar-refractivity contribution in [1.29, 1.82) is 0 Å². The lowest BCUT2D eigenvalue weighted by molar-refractivity contribution is -0.0563. The van der Waals surface area contributed by atoms with Crippen molar-refractivity contribution in [2.75, 3.05) is 46.5 Å². The van der Waals surface area contributed by atoms with Crippen molar-refractivity contribution in [3.05, 3.63) is 30.1 Å². The first-order chi connectivity index (χ1) is 11.6. The molecule has 1 spiro atoms. The monoisotopic (exact) mass is 333 g/mol. The van der Waals surface area contributed by atoms with E-state index in [1.807, 2.05) is 12.4 Å². The van der Waals surface area contributed by atoms with Crippen LogP contribution in [0.25, 0.3) is 0 Å². The zero-order valence-corrected chi connectivity index (χ0v) is 15.3. The highest BCUT2D eigenvalue weighted by atomic mass is 16.5. The van der Waals surface area contributed by atoms with E-state index in [1.54, 1.807) is 0 Å². The van der Waals surface area contributed by atoms with Crippen LogP contribution in [-0.4, -0.2) is 72.9 Å². The van der Waals surface area contributed by atoms with Crippen LogP contribution in [0.1, 0.15) is 25.8 Å². The summed E-state index contributed by atoms with van der Waals surface area (Å²) in [5.41, 5.74) is 1.17. The van der Waals surface area contributed by atoms with Crippen molar-refractivity contribution >= 4 is 0 Å². The molecule has 0 N–H and O–H groups in total. The Morgan fingerprint density at radius 2 is 2.17 bits per heavy atom. The fourth-order valence-corrected chi connectivity index (χ4v) is 3.75. The predicted molar refractivity (Wildman–Crippen MR) is 94.9 cm³/mol. The summed E-state index contributed by atoms with van der Waals surface area (Å²) in [6, 6.07) is 4.76. The molecule has 2 aliphatic heterocycles. The molecule has 24 heavy (non-hydrogen) atoms. The standard InChI is InChI=1S/C19H31N3O2/c1-16(2)21(3)11-18-10-19(24-13-18)14-22(8-9-23-15-19)12-17-4-6-20-7-5-17/h4-7,16,18H,8-15H2,1-3H3. The van der Waals surface area contributed by atoms with Gasteiger partial charge in [-0.25, -0.2) is 0 Å². The summed E-state index contributed by atoms with van der Waals surface area (Å²) >= 11 is 0. The first-order valence-electron chi connectivity index (χ1n) is 9.09. The molecule has 1 aromatic heterocycles. The third kappa shape index (κ3) is 4.54. The van der Waals surface area contributed by atoms with Gasteiger partial charge in [0.15, 0.2) is 0 Å². The maximum Gasteiger partial charge on any atom is 0.104 e. The molecule has 2 unspecified atom stereocenters. The van der Waals surface area contributed by atoms with Gasteiger partial charge >= 0.3 is 0 Å². The summed E-state index contributed by atoms with van der Waals surface area (Å²) in [6.45, 7) is 10.8. The Labute approximate surface area is 145 Å². The molecule has 0 saturated carbocycles. The zero-order chi connectivity index (χ0) is 17.0. The number of pyridine rings is 1. The lowest BCUT2D eigenvalue weighted by Gasteiger charge is -2.31. The van der Waals surface area contributed by atoms with Crippen LogP contribution in [0.3, 0.4) is 0 Å². The van der Waals surface area contributed by atoms with Gasteiger partial charge in [-0.3, -0.25) is 9.88 Å². The first kappa shape index (κ1) is 17.8. The molecular weight excluding hydrogens is 302 g/mol. The lowest BCUT2D eigenvalue weighted by Crippen LogP contribution is -2.44. The summed E-state index contributed by atoms with van der Waals surface area (Å²) < 4.78 is 12.2. The van der Waals surface area contributed by atoms with E-state index in [1.165, 1.54) is 5.56 Å². The molecule has 134 valence electrons. The normalized spacial score (nSPS) is 28.8. The minimum Gasteiger partial charge on any atom is -0.377 e. The zero-order valence-electron chi connectivity index (χ0n) is 15.3. The van der Waals surface area contributed by atoms with E-state index in [0.29, 0.717) is 12.0 Å². The second-order valence-electron chi connectivity index (χ2n) is 7.72. The molecule has 0 radical (unpaired) electrons. The van der Waals surface area contributed by atoms with Gasteiger partial charge in [-0.05, 0) is 50.9 Å². The largest absolute Gasteiger partial charge is 0.377 e. The molecule has 0 aliphatic carbocycles. The molecule has 0 amide bonds. The van der Waals surface area contributed by atoms with E-state index in [9.17, 15) is 0 Å². The Balaban J connectivity index is 1.60. The summed E-state index contributed by atoms with van der Waals surface area (Å²) in [4.78, 5) is 8.99. The van der Waals surface area contributed by atoms with Crippen molar-refractivity contribution in [1.82, 2.24) is 14.8 Å². The van der Waals surface area contributed by atoms with Gasteiger partial charge in [-0.15, -0.1) is 0 Å². The second-order valence-corrected chi connectivity index (χ2v) is 7.72. The highest BCUT2D eigenvalue weighted by Gasteiger charge is 2.43. The number of ether oxygens (including phenoxy) is 2. The Morgan fingerprint density at radius 1 is 1.38 bits per heavy atom. The molecule has 3 heterocycles. The molecule has 5 nitrogen and oxygen atoms in total. The number of nitrogens with zero attached hydrogens (tertiary/aromatic N) is 3. The van der Waals surface area contributed by atoms with Gasteiger partial charge in [0.1, 0.15) is 5.60 Å². The molecular formula is C19H31N3O2. The Bertz CT molecular complexity index is 511. The van der Waals surface area contributed by atoms with Gasteiger partial charge < -0.3 is 14.4 Å². The minimum absolute atomic E-state index is 0.133. The summed E-state index contributed by atoms with van der Waals surface area (Å²) in [5, 5.41) is 0. The van der Waals surface area contributed by atoms with E-state index < -0.39 is 0 Å². The third-order valence-corrected chi connectivity index (χ3v) is 5.30. The van der Waals surface area contributed by atoms with Gasteiger partial charge in [0, 0.05) is 44.6 Å². The van der Waals surface area contributed by atoms with E-state index in [-0.39, 0.29) is 5.60 Å². The smallest absolute Gasteiger partial charge is 0.104 e. The molecule has 5 heteroatoms. The SMILES string of the molecule is CC(C)N(C)CC1COC2(COCCN(Cc3ccncc3)C2)C1. The highest BCUT2D eigenvalue weighted by molar-refractivity contribution is 5.10. The Kier molecular flexibility index (Phi) is 5.87. The van der Waals surface area contributed by atoms with Gasteiger partial charge in [-0.2, -0.15) is 0 Å². The molecule has 2 fully saturated rings. The van der Waals surface area contributed by atoms with Gasteiger partial charge in [0.2, 0.25) is 0 Å². The summed E-state index contributed by atoms with van der Waals surface area (Å²) in [7, 11) is 2.20. The lowest BCUT2D eigenvalue weighted by atomic mass is 9.93. The Morgan fingerprint density at radius 3 is 2.92 bits per heavy atom. The van der Waals surface area contributed by atoms with Crippen LogP contribution in [0.15, 0.2) is 24.5 Å². The van der Waals surface area contributed by atoms with E-state index in [0.717, 1.165) is 52.4 Å². The average molecular weight is 333 g/mol. The molecule has 2 aliphatic rings. The van der Waals surface area contributed by atoms with Crippen LogP contribution in [0.5, 0.6) is 0 Å². The van der Waals surface area contributed by atoms with Crippen LogP contribution < -0.4 is 0 Å². The number of hydrogen-bond donors (Lipinski definition) is 0. The second kappa shape index (κ2) is 7.91. The van der Waals surface area contributed by atoms with Crippen LogP contribution in [0.2, 0.25) is 0 Å². The number of aromatic nitrogens is 1. The quantitative estimate of drug-likeness (QED) is 0.824. The average Bonchev–Trinajstić information content (AvgIpc) is 2.83. The molecule has 0 bridgehead atoms. The third-order valence-electron chi connectivity index (χ3n) is 5.30. The molecule has 1 aromatic rings. The molecule has 2 atom stereocenters. The van der Waals surface area contributed by atoms with Crippen LogP contribution in [0, 0.1) is 5.92 Å². The van der Waals surface area contributed by atoms with E-state index in [4.69, 9.17) is 9.47 Å². The maximum atomic E-state index is 6.32. The fourth-order valence-electron chi connectivity index (χ4n) is 3.75. The van der Waals surface area contributed by atoms with Crippen LogP contribution in [-0.2, 0) is 16.0 Å². The van der Waals surface area contributed by atoms with Gasteiger partial charge in [0.05, 0.1) is 19.8 Å². The van der Waals surface area contributed by atoms with Gasteiger partial charge in [0.25, 0.3) is 0 Å². The maximum absolute atomic E-state index is 6.32. The first-order valence-corrected chi connectivity index (χ1v) is 9.09. The van der Waals surface area contributed by atoms with Crippen LogP contribution >= 0.6 is 0 Å². The fraction of sp³-hybridized carbons (Fsp3) is 0.737. The van der Waals surface area contributed by atoms with Crippen molar-refractivity contribution in [3.8, 4) is 0 Å². The van der Waals surface area contributed by atoms with Crippen molar-refractivity contribution in [3.63, 3.8) is 0 Å². The van der Waals surface area contributed by atoms with E-state index in [2.05, 4.69) is 47.8 Å². The van der Waals surface area contributed by atoms with Gasteiger partial charge in [-0.1, -0.05) is 0 Å². The molecule has 2 saturated heterocycles. The number of hydrogen-bond acceptors (Lipinski definition) is 5. The Hall–Kier alpha value is -1.01.